The van der Waals surface area contributed by atoms with E-state index in [1.54, 1.807) is 19.9 Å². The number of aliphatic hydroxyl groups is 2. The van der Waals surface area contributed by atoms with Crippen molar-refractivity contribution in [3.05, 3.63) is 59.9 Å². The number of ether oxygens (including phenoxy) is 1. The molecule has 1 aromatic rings. The van der Waals surface area contributed by atoms with Crippen LogP contribution in [0.3, 0.4) is 0 Å². The molecule has 8 atom stereocenters. The number of hydrogen-bond acceptors (Lipinski definition) is 8. The lowest BCUT2D eigenvalue weighted by atomic mass is 9.45. The van der Waals surface area contributed by atoms with Crippen molar-refractivity contribution < 1.29 is 42.5 Å². The van der Waals surface area contributed by atoms with Crippen LogP contribution < -0.4 is 0 Å². The number of allylic oxidation sites excluding steroid dienone is 4. The normalized spacial score (nSPS) is 40.6. The molecule has 40 heavy (non-hydrogen) atoms. The molecule has 1 heterocycles. The van der Waals surface area contributed by atoms with Gasteiger partial charge in [-0.2, -0.15) is 0 Å². The zero-order chi connectivity index (χ0) is 29.1. The van der Waals surface area contributed by atoms with Gasteiger partial charge in [0.2, 0.25) is 10.9 Å². The van der Waals surface area contributed by atoms with Crippen molar-refractivity contribution in [3.8, 4) is 0 Å². The van der Waals surface area contributed by atoms with Crippen LogP contribution in [-0.4, -0.2) is 56.8 Å². The second-order valence-corrected chi connectivity index (χ2v) is 12.9. The Bertz CT molecular complexity index is 1300. The van der Waals surface area contributed by atoms with Crippen molar-refractivity contribution in [2.75, 3.05) is 12.4 Å². The second-order valence-electron chi connectivity index (χ2n) is 11.9. The number of rotatable bonds is 6. The SMILES string of the molecule is C[C@@H]1CC2C3CC(F)=C4CC(=O)C=C[C@]4(C)[C@@]3(F)[C@@H](O)C[C@]2(C)[C@@]1(OC(=O)c1ccco1)C(=O)SCC=CCO. The number of hydrogen-bond donors (Lipinski definition) is 2. The minimum Gasteiger partial charge on any atom is -0.457 e. The largest absolute Gasteiger partial charge is 0.457 e. The van der Waals surface area contributed by atoms with E-state index in [1.165, 1.54) is 43.5 Å². The van der Waals surface area contributed by atoms with Crippen molar-refractivity contribution in [2.45, 2.75) is 63.8 Å². The molecule has 0 aliphatic heterocycles. The van der Waals surface area contributed by atoms with Gasteiger partial charge in [-0.05, 0) is 49.5 Å². The van der Waals surface area contributed by atoms with E-state index in [1.807, 2.05) is 0 Å². The molecular formula is C30H34F2O7S. The number of fused-ring (bicyclic) bond motifs is 5. The van der Waals surface area contributed by atoms with E-state index in [0.29, 0.717) is 0 Å². The Hall–Kier alpha value is -2.56. The van der Waals surface area contributed by atoms with Crippen LogP contribution in [0.1, 0.15) is 57.0 Å². The van der Waals surface area contributed by atoms with Gasteiger partial charge in [0, 0.05) is 41.3 Å². The maximum atomic E-state index is 17.5. The topological polar surface area (TPSA) is 114 Å². The smallest absolute Gasteiger partial charge is 0.375 e. The standard InChI is InChI=1S/C30H34F2O7S/c1-17-13-19-20-15-22(31)21-14-18(34)8-9-27(21,2)29(20,32)24(35)16-28(19,3)30(17,26(37)40-12-5-4-10-33)39-25(36)23-7-6-11-38-23/h4-9,11,17,19-20,24,33,35H,10,12-16H2,1-3H3/t17-,19?,20?,24+,27+,28+,29+,30+/m1/s1. The first-order valence-corrected chi connectivity index (χ1v) is 14.5. The summed E-state index contributed by atoms with van der Waals surface area (Å²) in [6.07, 6.45) is 4.88. The van der Waals surface area contributed by atoms with E-state index in [4.69, 9.17) is 14.3 Å². The van der Waals surface area contributed by atoms with Gasteiger partial charge in [0.15, 0.2) is 17.1 Å². The van der Waals surface area contributed by atoms with Gasteiger partial charge in [-0.25, -0.2) is 13.6 Å². The number of carbonyl (C=O) groups is 3. The van der Waals surface area contributed by atoms with Crippen molar-refractivity contribution >= 4 is 28.6 Å². The third-order valence-electron chi connectivity index (χ3n) is 10.1. The number of halogens is 2. The Morgan fingerprint density at radius 2 is 2.02 bits per heavy atom. The molecule has 1 aromatic heterocycles. The summed E-state index contributed by atoms with van der Waals surface area (Å²) >= 11 is 0.906. The van der Waals surface area contributed by atoms with E-state index >= 15 is 8.78 Å². The molecule has 4 aliphatic rings. The maximum absolute atomic E-state index is 17.5. The number of alkyl halides is 1. The Morgan fingerprint density at radius 1 is 1.27 bits per heavy atom. The first-order valence-electron chi connectivity index (χ1n) is 13.5. The fraction of sp³-hybridized carbons (Fsp3) is 0.567. The molecule has 0 radical (unpaired) electrons. The Balaban J connectivity index is 1.61. The highest BCUT2D eigenvalue weighted by Gasteiger charge is 2.77. The zero-order valence-corrected chi connectivity index (χ0v) is 23.5. The average Bonchev–Trinajstić information content (AvgIpc) is 3.52. The van der Waals surface area contributed by atoms with Crippen molar-refractivity contribution in [3.63, 3.8) is 0 Å². The summed E-state index contributed by atoms with van der Waals surface area (Å²) in [4.78, 5) is 39.5. The maximum Gasteiger partial charge on any atom is 0.375 e. The number of carbonyl (C=O) groups excluding carboxylic acids is 3. The van der Waals surface area contributed by atoms with Crippen LogP contribution in [0, 0.1) is 28.6 Å². The van der Waals surface area contributed by atoms with Crippen molar-refractivity contribution in [1.29, 1.82) is 0 Å². The second kappa shape index (κ2) is 10.1. The molecule has 2 saturated carbocycles. The third-order valence-corrected chi connectivity index (χ3v) is 11.0. The summed E-state index contributed by atoms with van der Waals surface area (Å²) in [5, 5.41) is 20.3. The molecule has 2 unspecified atom stereocenters. The van der Waals surface area contributed by atoms with Crippen molar-refractivity contribution in [1.82, 2.24) is 0 Å². The van der Waals surface area contributed by atoms with Crippen LogP contribution in [-0.2, 0) is 14.3 Å². The molecule has 7 nitrogen and oxygen atoms in total. The van der Waals surface area contributed by atoms with E-state index < -0.39 is 62.9 Å². The predicted molar refractivity (Wildman–Crippen MR) is 143 cm³/mol. The quantitative estimate of drug-likeness (QED) is 0.363. The van der Waals surface area contributed by atoms with Gasteiger partial charge in [-0.1, -0.05) is 43.8 Å². The number of esters is 1. The summed E-state index contributed by atoms with van der Waals surface area (Å²) in [5.41, 5.74) is -6.81. The van der Waals surface area contributed by atoms with Crippen molar-refractivity contribution in [2.24, 2.45) is 28.6 Å². The van der Waals surface area contributed by atoms with Gasteiger partial charge in [0.25, 0.3) is 0 Å². The summed E-state index contributed by atoms with van der Waals surface area (Å²) in [6, 6.07) is 2.93. The molecule has 5 rings (SSSR count). The highest BCUT2D eigenvalue weighted by molar-refractivity contribution is 8.14. The van der Waals surface area contributed by atoms with E-state index in [-0.39, 0.29) is 55.2 Å². The number of aliphatic hydroxyl groups excluding tert-OH is 2. The highest BCUT2D eigenvalue weighted by atomic mass is 32.2. The predicted octanol–water partition coefficient (Wildman–Crippen LogP) is 4.90. The molecular weight excluding hydrogens is 542 g/mol. The monoisotopic (exact) mass is 576 g/mol. The van der Waals surface area contributed by atoms with E-state index in [9.17, 15) is 19.5 Å². The lowest BCUT2D eigenvalue weighted by Crippen LogP contribution is -2.69. The molecule has 0 aromatic carbocycles. The Kier molecular flexibility index (Phi) is 7.28. The molecule has 0 saturated heterocycles. The number of ketones is 1. The van der Waals surface area contributed by atoms with Gasteiger partial charge in [-0.15, -0.1) is 0 Å². The molecule has 0 amide bonds. The molecule has 0 spiro atoms. The lowest BCUT2D eigenvalue weighted by molar-refractivity contribution is -0.214. The molecule has 4 aliphatic carbocycles. The lowest BCUT2D eigenvalue weighted by Gasteiger charge is -2.62. The summed E-state index contributed by atoms with van der Waals surface area (Å²) < 4.78 is 44.6. The van der Waals surface area contributed by atoms with E-state index in [2.05, 4.69) is 0 Å². The first kappa shape index (κ1) is 29.0. The van der Waals surface area contributed by atoms with E-state index in [0.717, 1.165) is 11.8 Å². The first-order chi connectivity index (χ1) is 18.9. The average molecular weight is 577 g/mol. The van der Waals surface area contributed by atoms with Gasteiger partial charge >= 0.3 is 5.97 Å². The molecule has 10 heteroatoms. The van der Waals surface area contributed by atoms with Gasteiger partial charge in [0.1, 0.15) is 5.83 Å². The van der Waals surface area contributed by atoms with Crippen LogP contribution in [0.15, 0.2) is 58.5 Å². The van der Waals surface area contributed by atoms with Gasteiger partial charge in [0.05, 0.1) is 19.0 Å². The molecule has 2 N–H and O–H groups in total. The fourth-order valence-electron chi connectivity index (χ4n) is 8.16. The Morgan fingerprint density at radius 3 is 2.70 bits per heavy atom. The fourth-order valence-corrected chi connectivity index (χ4v) is 9.23. The Labute approximate surface area is 235 Å². The van der Waals surface area contributed by atoms with Crippen LogP contribution >= 0.6 is 11.8 Å². The van der Waals surface area contributed by atoms with Gasteiger partial charge in [-0.3, -0.25) is 9.59 Å². The number of furan rings is 1. The summed E-state index contributed by atoms with van der Waals surface area (Å²) in [5.74, 6) is -3.92. The molecule has 0 bridgehead atoms. The zero-order valence-electron chi connectivity index (χ0n) is 22.7. The summed E-state index contributed by atoms with van der Waals surface area (Å²) in [7, 11) is 0. The third kappa shape index (κ3) is 3.85. The summed E-state index contributed by atoms with van der Waals surface area (Å²) in [6.45, 7) is 4.81. The number of thioether (sulfide) groups is 1. The minimum absolute atomic E-state index is 0.0604. The molecule has 2 fully saturated rings. The van der Waals surface area contributed by atoms with Crippen LogP contribution in [0.4, 0.5) is 8.78 Å². The minimum atomic E-state index is -2.31. The highest BCUT2D eigenvalue weighted by Crippen LogP contribution is 2.72. The van der Waals surface area contributed by atoms with Crippen LogP contribution in [0.25, 0.3) is 0 Å². The van der Waals surface area contributed by atoms with Crippen LogP contribution in [0.5, 0.6) is 0 Å². The van der Waals surface area contributed by atoms with Crippen LogP contribution in [0.2, 0.25) is 0 Å². The van der Waals surface area contributed by atoms with Gasteiger partial charge < -0.3 is 19.4 Å². The molecule has 216 valence electrons.